The van der Waals surface area contributed by atoms with Gasteiger partial charge in [0, 0.05) is 50.6 Å². The van der Waals surface area contributed by atoms with Gasteiger partial charge in [-0.15, -0.1) is 0 Å². The Morgan fingerprint density at radius 2 is 2.23 bits per heavy atom. The van der Waals surface area contributed by atoms with Gasteiger partial charge in [0.15, 0.2) is 5.96 Å². The number of aromatic nitrogens is 1. The van der Waals surface area contributed by atoms with Crippen LogP contribution in [0.25, 0.3) is 0 Å². The molecule has 7 nitrogen and oxygen atoms in total. The fraction of sp³-hybridized carbons (Fsp3) is 0.400. The molecular weight excluding hydrogens is 416 g/mol. The number of ether oxygens (including phenoxy) is 2. The highest BCUT2D eigenvalue weighted by Gasteiger charge is 2.25. The number of nitrogens with one attached hydrogen (secondary N) is 2. The van der Waals surface area contributed by atoms with Gasteiger partial charge in [0.1, 0.15) is 17.3 Å². The van der Waals surface area contributed by atoms with Crippen LogP contribution in [0.4, 0.5) is 14.6 Å². The average Bonchev–Trinajstić information content (AvgIpc) is 3.19. The van der Waals surface area contributed by atoms with Crippen LogP contribution in [-0.2, 0) is 6.54 Å². The Kier molecular flexibility index (Phi) is 7.51. The average molecular weight is 440 g/mol. The van der Waals surface area contributed by atoms with Crippen molar-refractivity contribution in [1.29, 1.82) is 0 Å². The maximum Gasteiger partial charge on any atom is 0.387 e. The van der Waals surface area contributed by atoms with Crippen molar-refractivity contribution in [1.82, 2.24) is 15.6 Å². The van der Waals surface area contributed by atoms with Crippen molar-refractivity contribution < 1.29 is 18.3 Å². The van der Waals surface area contributed by atoms with E-state index in [1.807, 2.05) is 6.07 Å². The maximum atomic E-state index is 12.7. The largest absolute Gasteiger partial charge is 0.497 e. The SMILES string of the molecule is CN=C(NCc1ccc(OC)cc1OC(F)F)NC1CCN(c2ncccc2Cl)C1. The van der Waals surface area contributed by atoms with E-state index in [9.17, 15) is 8.78 Å². The quantitative estimate of drug-likeness (QED) is 0.509. The number of rotatable bonds is 7. The second-order valence-electron chi connectivity index (χ2n) is 6.66. The molecule has 2 aromatic rings. The summed E-state index contributed by atoms with van der Waals surface area (Å²) in [4.78, 5) is 10.7. The molecule has 30 heavy (non-hydrogen) atoms. The Morgan fingerprint density at radius 1 is 1.40 bits per heavy atom. The number of hydrogen-bond donors (Lipinski definition) is 2. The third-order valence-corrected chi connectivity index (χ3v) is 5.02. The standard InChI is InChI=1S/C20H24ClF2N5O2/c1-24-20(26-11-13-5-6-15(29-2)10-17(13)30-19(22)23)27-14-7-9-28(12-14)18-16(21)4-3-8-25-18/h3-6,8,10,14,19H,7,9,11-12H2,1-2H3,(H2,24,26,27). The lowest BCUT2D eigenvalue weighted by Gasteiger charge is -2.20. The molecule has 10 heteroatoms. The topological polar surface area (TPSA) is 71.0 Å². The summed E-state index contributed by atoms with van der Waals surface area (Å²) in [5, 5.41) is 7.11. The highest BCUT2D eigenvalue weighted by atomic mass is 35.5. The zero-order chi connectivity index (χ0) is 21.5. The molecule has 2 heterocycles. The van der Waals surface area contributed by atoms with Crippen LogP contribution in [0.3, 0.4) is 0 Å². The molecule has 0 bridgehead atoms. The summed E-state index contributed by atoms with van der Waals surface area (Å²) in [5.41, 5.74) is 0.562. The van der Waals surface area contributed by atoms with Gasteiger partial charge in [-0.1, -0.05) is 11.6 Å². The molecule has 0 radical (unpaired) electrons. The van der Waals surface area contributed by atoms with E-state index >= 15 is 0 Å². The molecule has 1 atom stereocenters. The summed E-state index contributed by atoms with van der Waals surface area (Å²) < 4.78 is 35.2. The number of benzene rings is 1. The number of aliphatic imine (C=N–C) groups is 1. The lowest BCUT2D eigenvalue weighted by atomic mass is 10.2. The second kappa shape index (κ2) is 10.3. The fourth-order valence-electron chi connectivity index (χ4n) is 3.26. The van der Waals surface area contributed by atoms with Crippen LogP contribution >= 0.6 is 11.6 Å². The Morgan fingerprint density at radius 3 is 2.93 bits per heavy atom. The molecule has 0 spiro atoms. The molecule has 0 amide bonds. The first kappa shape index (κ1) is 21.9. The molecule has 162 valence electrons. The van der Waals surface area contributed by atoms with Crippen LogP contribution in [0.5, 0.6) is 11.5 Å². The molecule has 3 rings (SSSR count). The first-order valence-corrected chi connectivity index (χ1v) is 9.82. The van der Waals surface area contributed by atoms with Gasteiger partial charge >= 0.3 is 6.61 Å². The lowest BCUT2D eigenvalue weighted by Crippen LogP contribution is -2.44. The van der Waals surface area contributed by atoms with Crippen LogP contribution < -0.4 is 25.0 Å². The van der Waals surface area contributed by atoms with Gasteiger partial charge in [0.2, 0.25) is 0 Å². The fourth-order valence-corrected chi connectivity index (χ4v) is 3.50. The van der Waals surface area contributed by atoms with E-state index in [2.05, 4.69) is 30.2 Å². The summed E-state index contributed by atoms with van der Waals surface area (Å²) in [5.74, 6) is 1.83. The van der Waals surface area contributed by atoms with Crippen LogP contribution in [0, 0.1) is 0 Å². The number of anilines is 1. The summed E-state index contributed by atoms with van der Waals surface area (Å²) in [6.07, 6.45) is 2.60. The van der Waals surface area contributed by atoms with Crippen molar-refractivity contribution >= 4 is 23.4 Å². The molecule has 1 aliphatic heterocycles. The van der Waals surface area contributed by atoms with Gasteiger partial charge in [0.05, 0.1) is 12.1 Å². The molecule has 1 aromatic heterocycles. The summed E-state index contributed by atoms with van der Waals surface area (Å²) in [6.45, 7) is -1.12. The minimum atomic E-state index is -2.92. The number of methoxy groups -OCH3 is 1. The summed E-state index contributed by atoms with van der Waals surface area (Å²) in [6, 6.07) is 8.56. The van der Waals surface area contributed by atoms with Crippen LogP contribution in [0.1, 0.15) is 12.0 Å². The van der Waals surface area contributed by atoms with Gasteiger partial charge in [-0.25, -0.2) is 4.98 Å². The van der Waals surface area contributed by atoms with Crippen molar-refractivity contribution in [3.63, 3.8) is 0 Å². The summed E-state index contributed by atoms with van der Waals surface area (Å²) >= 11 is 6.24. The second-order valence-corrected chi connectivity index (χ2v) is 7.07. The lowest BCUT2D eigenvalue weighted by molar-refractivity contribution is -0.0505. The number of hydrogen-bond acceptors (Lipinski definition) is 5. The van der Waals surface area contributed by atoms with Crippen LogP contribution in [0.2, 0.25) is 5.02 Å². The van der Waals surface area contributed by atoms with Crippen LogP contribution in [-0.4, -0.2) is 50.8 Å². The van der Waals surface area contributed by atoms with E-state index in [-0.39, 0.29) is 18.3 Å². The third kappa shape index (κ3) is 5.63. The zero-order valence-corrected chi connectivity index (χ0v) is 17.5. The first-order chi connectivity index (χ1) is 14.5. The Labute approximate surface area is 179 Å². The molecule has 1 saturated heterocycles. The van der Waals surface area contributed by atoms with E-state index in [4.69, 9.17) is 16.3 Å². The predicted octanol–water partition coefficient (Wildman–Crippen LogP) is 3.29. The Balaban J connectivity index is 1.59. The molecular formula is C20H24ClF2N5O2. The Hall–Kier alpha value is -2.81. The minimum Gasteiger partial charge on any atom is -0.497 e. The number of pyridine rings is 1. The van der Waals surface area contributed by atoms with E-state index in [1.165, 1.54) is 13.2 Å². The van der Waals surface area contributed by atoms with E-state index in [0.717, 1.165) is 25.3 Å². The molecule has 1 fully saturated rings. The van der Waals surface area contributed by atoms with Gasteiger partial charge < -0.3 is 25.0 Å². The van der Waals surface area contributed by atoms with Crippen molar-refractivity contribution in [2.45, 2.75) is 25.6 Å². The van der Waals surface area contributed by atoms with Gasteiger partial charge in [0.25, 0.3) is 0 Å². The van der Waals surface area contributed by atoms with Crippen molar-refractivity contribution in [3.8, 4) is 11.5 Å². The minimum absolute atomic E-state index is 0.0594. The predicted molar refractivity (Wildman–Crippen MR) is 113 cm³/mol. The number of halogens is 3. The highest BCUT2D eigenvalue weighted by Crippen LogP contribution is 2.27. The summed E-state index contributed by atoms with van der Waals surface area (Å²) in [7, 11) is 3.12. The monoisotopic (exact) mass is 439 g/mol. The van der Waals surface area contributed by atoms with Crippen molar-refractivity contribution in [3.05, 3.63) is 47.1 Å². The normalized spacial score (nSPS) is 16.7. The van der Waals surface area contributed by atoms with Crippen LogP contribution in [0.15, 0.2) is 41.5 Å². The van der Waals surface area contributed by atoms with Crippen molar-refractivity contribution in [2.24, 2.45) is 4.99 Å². The van der Waals surface area contributed by atoms with E-state index in [0.29, 0.717) is 22.3 Å². The highest BCUT2D eigenvalue weighted by molar-refractivity contribution is 6.32. The van der Waals surface area contributed by atoms with E-state index < -0.39 is 6.61 Å². The van der Waals surface area contributed by atoms with Gasteiger partial charge in [-0.3, -0.25) is 4.99 Å². The first-order valence-electron chi connectivity index (χ1n) is 9.44. The molecule has 1 aromatic carbocycles. The molecule has 0 saturated carbocycles. The maximum absolute atomic E-state index is 12.7. The third-order valence-electron chi connectivity index (χ3n) is 4.73. The van der Waals surface area contributed by atoms with Crippen molar-refractivity contribution in [2.75, 3.05) is 32.1 Å². The number of alkyl halides is 2. The zero-order valence-electron chi connectivity index (χ0n) is 16.7. The number of nitrogens with zero attached hydrogens (tertiary/aromatic N) is 3. The Bertz CT molecular complexity index is 884. The van der Waals surface area contributed by atoms with Gasteiger partial charge in [-0.05, 0) is 30.7 Å². The molecule has 1 unspecified atom stereocenters. The molecule has 1 aliphatic rings. The number of guanidine groups is 1. The molecule has 0 aliphatic carbocycles. The van der Waals surface area contributed by atoms with E-state index in [1.54, 1.807) is 31.4 Å². The smallest absolute Gasteiger partial charge is 0.387 e. The molecule has 2 N–H and O–H groups in total. The van der Waals surface area contributed by atoms with Gasteiger partial charge in [-0.2, -0.15) is 8.78 Å².